The molecule has 2 heterocycles. The van der Waals surface area contributed by atoms with Crippen LogP contribution in [0.25, 0.3) is 22.5 Å². The highest BCUT2D eigenvalue weighted by atomic mass is 32.2. The number of nitrogens with zero attached hydrogens (tertiary/aromatic N) is 4. The SMILES string of the molecule is Cc1cc(/C=C2\Sc3ccc4ccccc4c3N2C)nc(SCCC[N+](C)(C)C)[n+]1-c1ccccc1. The van der Waals surface area contributed by atoms with Crippen LogP contribution in [0.1, 0.15) is 17.8 Å². The van der Waals surface area contributed by atoms with Gasteiger partial charge in [-0.3, -0.25) is 0 Å². The topological polar surface area (TPSA) is 20.0 Å². The fraction of sp³-hybridized carbons (Fsp3) is 0.267. The number of quaternary nitrogens is 1. The number of aryl methyl sites for hydroxylation is 1. The molecule has 0 radical (unpaired) electrons. The number of hydrogen-bond acceptors (Lipinski definition) is 4. The molecule has 1 aromatic heterocycles. The highest BCUT2D eigenvalue weighted by Gasteiger charge is 2.26. The second-order valence-electron chi connectivity index (χ2n) is 10.3. The molecule has 5 rings (SSSR count). The van der Waals surface area contributed by atoms with Crippen LogP contribution in [-0.2, 0) is 0 Å². The minimum absolute atomic E-state index is 0.983. The monoisotopic (exact) mass is 514 g/mol. The van der Waals surface area contributed by atoms with Crippen LogP contribution in [0.5, 0.6) is 0 Å². The molecule has 0 bridgehead atoms. The van der Waals surface area contributed by atoms with E-state index in [1.54, 1.807) is 0 Å². The van der Waals surface area contributed by atoms with Crippen LogP contribution in [0.3, 0.4) is 0 Å². The molecule has 0 saturated carbocycles. The van der Waals surface area contributed by atoms with E-state index in [0.717, 1.165) is 39.7 Å². The van der Waals surface area contributed by atoms with Crippen LogP contribution in [0.4, 0.5) is 5.69 Å². The van der Waals surface area contributed by atoms with Gasteiger partial charge < -0.3 is 9.38 Å². The Morgan fingerprint density at radius 1 is 1.00 bits per heavy atom. The number of fused-ring (bicyclic) bond motifs is 3. The lowest BCUT2D eigenvalue weighted by atomic mass is 10.1. The van der Waals surface area contributed by atoms with Crippen LogP contribution in [0.2, 0.25) is 0 Å². The highest BCUT2D eigenvalue weighted by molar-refractivity contribution is 8.04. The lowest BCUT2D eigenvalue weighted by Gasteiger charge is -2.23. The summed E-state index contributed by atoms with van der Waals surface area (Å²) in [5, 5.41) is 4.81. The Labute approximate surface area is 223 Å². The van der Waals surface area contributed by atoms with Gasteiger partial charge in [-0.1, -0.05) is 60.3 Å². The molecule has 0 atom stereocenters. The first-order chi connectivity index (χ1) is 17.3. The van der Waals surface area contributed by atoms with E-state index in [1.807, 2.05) is 23.5 Å². The molecule has 1 aliphatic rings. The van der Waals surface area contributed by atoms with Crippen LogP contribution >= 0.6 is 23.5 Å². The maximum atomic E-state index is 5.17. The summed E-state index contributed by atoms with van der Waals surface area (Å²) in [5.74, 6) is 1.04. The summed E-state index contributed by atoms with van der Waals surface area (Å²) in [4.78, 5) is 8.78. The van der Waals surface area contributed by atoms with Crippen molar-refractivity contribution in [2.24, 2.45) is 0 Å². The molecule has 1 aliphatic heterocycles. The molecule has 0 N–H and O–H groups in total. The zero-order valence-electron chi connectivity index (χ0n) is 21.7. The second-order valence-corrected chi connectivity index (χ2v) is 12.4. The zero-order valence-corrected chi connectivity index (χ0v) is 23.4. The Morgan fingerprint density at radius 3 is 2.53 bits per heavy atom. The summed E-state index contributed by atoms with van der Waals surface area (Å²) in [6.45, 7) is 3.33. The van der Waals surface area contributed by atoms with Crippen LogP contribution < -0.4 is 9.47 Å². The second kappa shape index (κ2) is 10.3. The molecule has 4 aromatic rings. The van der Waals surface area contributed by atoms with E-state index in [0.29, 0.717) is 0 Å². The molecule has 0 fully saturated rings. The number of thioether (sulfide) groups is 2. The fourth-order valence-corrected chi connectivity index (χ4v) is 6.71. The van der Waals surface area contributed by atoms with Gasteiger partial charge in [-0.15, -0.1) is 0 Å². The molecule has 184 valence electrons. The highest BCUT2D eigenvalue weighted by Crippen LogP contribution is 2.49. The van der Waals surface area contributed by atoms with Gasteiger partial charge in [-0.25, -0.2) is 0 Å². The molecule has 36 heavy (non-hydrogen) atoms. The predicted molar refractivity (Wildman–Crippen MR) is 155 cm³/mol. The van der Waals surface area contributed by atoms with E-state index in [4.69, 9.17) is 4.98 Å². The molecule has 0 unspecified atom stereocenters. The number of aromatic nitrogens is 2. The van der Waals surface area contributed by atoms with E-state index < -0.39 is 0 Å². The Balaban J connectivity index is 1.49. The van der Waals surface area contributed by atoms with Crippen molar-refractivity contribution in [2.45, 2.75) is 23.4 Å². The van der Waals surface area contributed by atoms with Crippen molar-refractivity contribution < 1.29 is 9.05 Å². The summed E-state index contributed by atoms with van der Waals surface area (Å²) in [6, 6.07) is 25.8. The number of benzene rings is 3. The molecule has 0 saturated heterocycles. The van der Waals surface area contributed by atoms with Gasteiger partial charge in [-0.05, 0) is 47.3 Å². The lowest BCUT2D eigenvalue weighted by Crippen LogP contribution is -2.38. The molecule has 0 spiro atoms. The van der Waals surface area contributed by atoms with E-state index in [9.17, 15) is 0 Å². The molecule has 4 nitrogen and oxygen atoms in total. The van der Waals surface area contributed by atoms with Crippen LogP contribution in [0, 0.1) is 6.92 Å². The van der Waals surface area contributed by atoms with Gasteiger partial charge in [0.25, 0.3) is 0 Å². The maximum Gasteiger partial charge on any atom is 0.365 e. The predicted octanol–water partition coefficient (Wildman–Crippen LogP) is 6.55. The molecule has 0 aliphatic carbocycles. The molecule has 3 aromatic carbocycles. The van der Waals surface area contributed by atoms with Crippen molar-refractivity contribution in [1.82, 2.24) is 4.98 Å². The van der Waals surface area contributed by atoms with E-state index in [2.05, 4.69) is 123 Å². The largest absolute Gasteiger partial charge is 0.365 e. The Morgan fingerprint density at radius 2 is 1.75 bits per heavy atom. The molecular weight excluding hydrogens is 480 g/mol. The van der Waals surface area contributed by atoms with Crippen molar-refractivity contribution in [2.75, 3.05) is 45.4 Å². The fourth-order valence-electron chi connectivity index (χ4n) is 4.59. The van der Waals surface area contributed by atoms with Gasteiger partial charge in [0.15, 0.2) is 5.69 Å². The third-order valence-electron chi connectivity index (χ3n) is 6.36. The van der Waals surface area contributed by atoms with Crippen LogP contribution in [0.15, 0.2) is 87.9 Å². The Hall–Kier alpha value is -2.80. The minimum Gasteiger partial charge on any atom is -0.338 e. The Kier molecular flexibility index (Phi) is 7.11. The van der Waals surface area contributed by atoms with Gasteiger partial charge >= 0.3 is 5.16 Å². The third-order valence-corrected chi connectivity index (χ3v) is 8.53. The maximum absolute atomic E-state index is 5.17. The van der Waals surface area contributed by atoms with Crippen LogP contribution in [-0.4, -0.2) is 50.0 Å². The van der Waals surface area contributed by atoms with Gasteiger partial charge in [-0.2, -0.15) is 4.57 Å². The van der Waals surface area contributed by atoms with Crippen molar-refractivity contribution in [3.8, 4) is 5.69 Å². The van der Waals surface area contributed by atoms with Crippen molar-refractivity contribution in [3.05, 3.63) is 89.2 Å². The zero-order chi connectivity index (χ0) is 25.3. The van der Waals surface area contributed by atoms with Crippen molar-refractivity contribution in [1.29, 1.82) is 0 Å². The van der Waals surface area contributed by atoms with Crippen molar-refractivity contribution >= 4 is 46.1 Å². The number of rotatable bonds is 7. The quantitative estimate of drug-likeness (QED) is 0.0916. The summed E-state index contributed by atoms with van der Waals surface area (Å²) >= 11 is 3.67. The molecule has 6 heteroatoms. The van der Waals surface area contributed by atoms with Crippen molar-refractivity contribution in [3.63, 3.8) is 0 Å². The molecular formula is C30H34N4S2+2. The normalized spacial score (nSPS) is 14.6. The van der Waals surface area contributed by atoms with Gasteiger partial charge in [0.2, 0.25) is 0 Å². The molecule has 0 amide bonds. The number of hydrogen-bond donors (Lipinski definition) is 0. The lowest BCUT2D eigenvalue weighted by molar-refractivity contribution is -0.870. The third kappa shape index (κ3) is 5.31. The standard InChI is InChI=1S/C30H34N4S2/c1-22-20-24(21-28-32(2)29-26-15-10-9-12-23(26)16-17-27(29)36-28)31-30(35-19-11-18-34(3,4)5)33(22)25-13-7-6-8-14-25/h6-10,12-17,20-21H,11,18-19H2,1-5H3/q+2. The number of para-hydroxylation sites is 1. The summed E-state index contributed by atoms with van der Waals surface area (Å²) in [6.07, 6.45) is 3.38. The first-order valence-corrected chi connectivity index (χ1v) is 14.2. The summed E-state index contributed by atoms with van der Waals surface area (Å²) in [7, 11) is 8.92. The average molecular weight is 515 g/mol. The average Bonchev–Trinajstić information content (AvgIpc) is 3.17. The van der Waals surface area contributed by atoms with E-state index in [1.165, 1.54) is 32.1 Å². The summed E-state index contributed by atoms with van der Waals surface area (Å²) in [5.41, 5.74) is 4.62. The van der Waals surface area contributed by atoms with Gasteiger partial charge in [0.1, 0.15) is 11.4 Å². The first-order valence-electron chi connectivity index (χ1n) is 12.4. The minimum atomic E-state index is 0.983. The number of anilines is 1. The van der Waals surface area contributed by atoms with E-state index in [-0.39, 0.29) is 0 Å². The smallest absolute Gasteiger partial charge is 0.338 e. The van der Waals surface area contributed by atoms with Gasteiger partial charge in [0.05, 0.1) is 38.4 Å². The Bertz CT molecular complexity index is 1420. The summed E-state index contributed by atoms with van der Waals surface area (Å²) < 4.78 is 3.27. The van der Waals surface area contributed by atoms with E-state index >= 15 is 0 Å². The van der Waals surface area contributed by atoms with Gasteiger partial charge in [0, 0.05) is 41.6 Å². The first kappa shape index (κ1) is 24.9.